The number of aromatic nitrogens is 3. The van der Waals surface area contributed by atoms with Gasteiger partial charge >= 0.3 is 0 Å². The van der Waals surface area contributed by atoms with Crippen LogP contribution in [0.3, 0.4) is 0 Å². The molecule has 24 heavy (non-hydrogen) atoms. The minimum absolute atomic E-state index is 0.00403. The van der Waals surface area contributed by atoms with Crippen LogP contribution in [0.5, 0.6) is 5.75 Å². The van der Waals surface area contributed by atoms with Crippen molar-refractivity contribution in [3.8, 4) is 5.75 Å². The van der Waals surface area contributed by atoms with Crippen LogP contribution in [-0.4, -0.2) is 52.5 Å². The minimum Gasteiger partial charge on any atom is -0.495 e. The molecule has 0 saturated carbocycles. The predicted octanol–water partition coefficient (Wildman–Crippen LogP) is 0.138. The quantitative estimate of drug-likeness (QED) is 0.709. The summed E-state index contributed by atoms with van der Waals surface area (Å²) < 4.78 is 5.29. The van der Waals surface area contributed by atoms with Crippen LogP contribution in [0.4, 0.5) is 17.6 Å². The van der Waals surface area contributed by atoms with E-state index in [4.69, 9.17) is 10.5 Å². The molecule has 1 aromatic heterocycles. The number of nitrogens with two attached hydrogens (primary N) is 1. The molecule has 3 rings (SSSR count). The van der Waals surface area contributed by atoms with E-state index in [1.54, 1.807) is 7.11 Å². The number of anilines is 3. The number of hydrogen-bond donors (Lipinski definition) is 3. The molecule has 126 valence electrons. The van der Waals surface area contributed by atoms with Crippen molar-refractivity contribution in [3.05, 3.63) is 30.1 Å². The highest BCUT2D eigenvalue weighted by Gasteiger charge is 2.18. The molecule has 1 saturated heterocycles. The van der Waals surface area contributed by atoms with Gasteiger partial charge in [-0.15, -0.1) is 0 Å². The fourth-order valence-corrected chi connectivity index (χ4v) is 2.46. The molecule has 0 spiro atoms. The van der Waals surface area contributed by atoms with E-state index in [9.17, 15) is 4.79 Å². The van der Waals surface area contributed by atoms with E-state index in [0.717, 1.165) is 12.2 Å². The standard InChI is InChI=1S/C15H19N7O2/c1-24-11-5-3-2-4-10(11)18-15-20-12(19-14(16)21-15)8-22-7-6-17-13(23)9-22/h2-5H,6-9H2,1H3,(H,17,23)(H3,16,18,19,20,21). The van der Waals surface area contributed by atoms with Gasteiger partial charge in [0.2, 0.25) is 17.8 Å². The Morgan fingerprint density at radius 1 is 1.33 bits per heavy atom. The summed E-state index contributed by atoms with van der Waals surface area (Å²) in [7, 11) is 1.59. The Bertz CT molecular complexity index is 738. The van der Waals surface area contributed by atoms with E-state index < -0.39 is 0 Å². The Hall–Kier alpha value is -2.94. The van der Waals surface area contributed by atoms with Crippen molar-refractivity contribution in [2.24, 2.45) is 0 Å². The molecule has 2 aromatic rings. The lowest BCUT2D eigenvalue weighted by Gasteiger charge is -2.25. The van der Waals surface area contributed by atoms with Crippen LogP contribution in [0.25, 0.3) is 0 Å². The zero-order valence-electron chi connectivity index (χ0n) is 13.3. The topological polar surface area (TPSA) is 118 Å². The van der Waals surface area contributed by atoms with Crippen LogP contribution in [0.1, 0.15) is 5.82 Å². The number of ether oxygens (including phenoxy) is 1. The lowest BCUT2D eigenvalue weighted by molar-refractivity contribution is -0.124. The summed E-state index contributed by atoms with van der Waals surface area (Å²) in [6.07, 6.45) is 0. The highest BCUT2D eigenvalue weighted by Crippen LogP contribution is 2.25. The maximum Gasteiger partial charge on any atom is 0.234 e. The monoisotopic (exact) mass is 329 g/mol. The summed E-state index contributed by atoms with van der Waals surface area (Å²) in [5, 5.41) is 5.87. The van der Waals surface area contributed by atoms with Gasteiger partial charge in [-0.3, -0.25) is 9.69 Å². The van der Waals surface area contributed by atoms with E-state index in [2.05, 4.69) is 25.6 Å². The number of rotatable bonds is 5. The zero-order valence-corrected chi connectivity index (χ0v) is 13.3. The van der Waals surface area contributed by atoms with E-state index in [1.165, 1.54) is 0 Å². The van der Waals surface area contributed by atoms with Crippen molar-refractivity contribution in [3.63, 3.8) is 0 Å². The van der Waals surface area contributed by atoms with Crippen molar-refractivity contribution in [1.82, 2.24) is 25.2 Å². The molecule has 1 fully saturated rings. The third-order valence-electron chi connectivity index (χ3n) is 3.53. The summed E-state index contributed by atoms with van der Waals surface area (Å²) in [5.41, 5.74) is 6.52. The molecule has 0 radical (unpaired) electrons. The number of methoxy groups -OCH3 is 1. The average molecular weight is 329 g/mol. The number of nitrogens with zero attached hydrogens (tertiary/aromatic N) is 4. The van der Waals surface area contributed by atoms with Crippen molar-refractivity contribution in [2.75, 3.05) is 37.8 Å². The lowest BCUT2D eigenvalue weighted by atomic mass is 10.3. The molecule has 9 nitrogen and oxygen atoms in total. The van der Waals surface area contributed by atoms with Gasteiger partial charge in [0.1, 0.15) is 11.6 Å². The number of carbonyl (C=O) groups is 1. The number of nitrogen functional groups attached to an aromatic ring is 1. The van der Waals surface area contributed by atoms with Crippen molar-refractivity contribution in [1.29, 1.82) is 0 Å². The van der Waals surface area contributed by atoms with Crippen molar-refractivity contribution >= 4 is 23.5 Å². The molecule has 0 aliphatic carbocycles. The number of carbonyl (C=O) groups excluding carboxylic acids is 1. The summed E-state index contributed by atoms with van der Waals surface area (Å²) in [4.78, 5) is 26.0. The fourth-order valence-electron chi connectivity index (χ4n) is 2.46. The Balaban J connectivity index is 1.77. The van der Waals surface area contributed by atoms with E-state index in [-0.39, 0.29) is 11.9 Å². The molecule has 0 atom stereocenters. The first-order valence-electron chi connectivity index (χ1n) is 7.53. The maximum absolute atomic E-state index is 11.5. The first-order chi connectivity index (χ1) is 11.6. The molecule has 9 heteroatoms. The zero-order chi connectivity index (χ0) is 16.9. The predicted molar refractivity (Wildman–Crippen MR) is 88.8 cm³/mol. The molecular formula is C15H19N7O2. The van der Waals surface area contributed by atoms with Gasteiger partial charge < -0.3 is 21.1 Å². The molecule has 1 aliphatic rings. The third-order valence-corrected chi connectivity index (χ3v) is 3.53. The largest absolute Gasteiger partial charge is 0.495 e. The van der Waals surface area contributed by atoms with Crippen LogP contribution < -0.4 is 21.1 Å². The molecule has 1 amide bonds. The second-order valence-electron chi connectivity index (χ2n) is 5.32. The van der Waals surface area contributed by atoms with Gasteiger partial charge in [0.15, 0.2) is 0 Å². The molecule has 2 heterocycles. The van der Waals surface area contributed by atoms with Gasteiger partial charge in [-0.1, -0.05) is 12.1 Å². The fraction of sp³-hybridized carbons (Fsp3) is 0.333. The minimum atomic E-state index is -0.00403. The second-order valence-corrected chi connectivity index (χ2v) is 5.32. The van der Waals surface area contributed by atoms with Gasteiger partial charge in [-0.05, 0) is 12.1 Å². The maximum atomic E-state index is 11.5. The van der Waals surface area contributed by atoms with E-state index >= 15 is 0 Å². The second kappa shape index (κ2) is 7.09. The molecule has 1 aromatic carbocycles. The first kappa shape index (κ1) is 15.9. The summed E-state index contributed by atoms with van der Waals surface area (Å²) in [6, 6.07) is 7.44. The summed E-state index contributed by atoms with van der Waals surface area (Å²) >= 11 is 0. The SMILES string of the molecule is COc1ccccc1Nc1nc(N)nc(CN2CCNC(=O)C2)n1. The Kier molecular flexibility index (Phi) is 4.71. The Morgan fingerprint density at radius 2 is 2.17 bits per heavy atom. The average Bonchev–Trinajstić information content (AvgIpc) is 2.55. The number of piperazine rings is 1. The van der Waals surface area contributed by atoms with E-state index in [1.807, 2.05) is 29.2 Å². The number of amides is 1. The van der Waals surface area contributed by atoms with Crippen molar-refractivity contribution < 1.29 is 9.53 Å². The van der Waals surface area contributed by atoms with Gasteiger partial charge in [0.05, 0.1) is 25.9 Å². The van der Waals surface area contributed by atoms with Crippen molar-refractivity contribution in [2.45, 2.75) is 6.54 Å². The highest BCUT2D eigenvalue weighted by molar-refractivity contribution is 5.78. The molecule has 0 bridgehead atoms. The Morgan fingerprint density at radius 3 is 2.96 bits per heavy atom. The van der Waals surface area contributed by atoms with Crippen LogP contribution >= 0.6 is 0 Å². The van der Waals surface area contributed by atoms with Crippen LogP contribution in [0.2, 0.25) is 0 Å². The smallest absolute Gasteiger partial charge is 0.234 e. The summed E-state index contributed by atoms with van der Waals surface area (Å²) in [5.74, 6) is 1.64. The van der Waals surface area contributed by atoms with Crippen LogP contribution in [-0.2, 0) is 11.3 Å². The Labute approximate surface area is 139 Å². The summed E-state index contributed by atoms with van der Waals surface area (Å²) in [6.45, 7) is 2.11. The molecule has 1 aliphatic heterocycles. The van der Waals surface area contributed by atoms with Gasteiger partial charge in [-0.2, -0.15) is 15.0 Å². The van der Waals surface area contributed by atoms with Crippen LogP contribution in [0.15, 0.2) is 24.3 Å². The van der Waals surface area contributed by atoms with E-state index in [0.29, 0.717) is 37.2 Å². The van der Waals surface area contributed by atoms with Gasteiger partial charge in [0, 0.05) is 13.1 Å². The number of benzene rings is 1. The van der Waals surface area contributed by atoms with Crippen LogP contribution in [0, 0.1) is 0 Å². The molecule has 4 N–H and O–H groups in total. The molecule has 0 unspecified atom stereocenters. The number of para-hydroxylation sites is 2. The number of hydrogen-bond acceptors (Lipinski definition) is 8. The van der Waals surface area contributed by atoms with Gasteiger partial charge in [-0.25, -0.2) is 0 Å². The normalized spacial score (nSPS) is 15.0. The molecular weight excluding hydrogens is 310 g/mol. The lowest BCUT2D eigenvalue weighted by Crippen LogP contribution is -2.47. The highest BCUT2D eigenvalue weighted by atomic mass is 16.5. The number of nitrogens with one attached hydrogen (secondary N) is 2. The third kappa shape index (κ3) is 3.87. The van der Waals surface area contributed by atoms with Gasteiger partial charge in [0.25, 0.3) is 0 Å². The first-order valence-corrected chi connectivity index (χ1v) is 7.53.